The number of nitriles is 1. The second-order valence-electron chi connectivity index (χ2n) is 9.03. The Morgan fingerprint density at radius 1 is 1.18 bits per heavy atom. The Morgan fingerprint density at radius 3 is 2.64 bits per heavy atom. The maximum Gasteiger partial charge on any atom is 0.195 e. The smallest absolute Gasteiger partial charge is 0.195 e. The minimum atomic E-state index is -0.657. The van der Waals surface area contributed by atoms with Crippen molar-refractivity contribution in [2.75, 3.05) is 13.1 Å². The van der Waals surface area contributed by atoms with Crippen LogP contribution in [0, 0.1) is 18.3 Å². The van der Waals surface area contributed by atoms with Gasteiger partial charge in [-0.25, -0.2) is 0 Å². The van der Waals surface area contributed by atoms with Crippen molar-refractivity contribution in [2.45, 2.75) is 45.3 Å². The number of para-hydroxylation sites is 2. The summed E-state index contributed by atoms with van der Waals surface area (Å²) in [7, 11) is 0. The van der Waals surface area contributed by atoms with Crippen LogP contribution in [-0.2, 0) is 5.60 Å². The Morgan fingerprint density at radius 2 is 1.94 bits per heavy atom. The van der Waals surface area contributed by atoms with Gasteiger partial charge in [-0.05, 0) is 75.8 Å². The minimum absolute atomic E-state index is 0.0546. The van der Waals surface area contributed by atoms with E-state index in [2.05, 4.69) is 11.4 Å². The number of hydrogen-bond acceptors (Lipinski definition) is 5. The fraction of sp³-hybridized carbons (Fsp3) is 0.333. The number of carbonyl (C=O) groups is 1. The first-order valence-corrected chi connectivity index (χ1v) is 11.4. The molecule has 2 aromatic carbocycles. The molecular weight excluding hydrogens is 414 g/mol. The van der Waals surface area contributed by atoms with Crippen molar-refractivity contribution in [3.8, 4) is 23.3 Å². The molecule has 0 aliphatic carbocycles. The molecule has 1 N–H and O–H groups in total. The minimum Gasteiger partial charge on any atom is -0.491 e. The molecule has 0 unspecified atom stereocenters. The van der Waals surface area contributed by atoms with Crippen LogP contribution in [0.25, 0.3) is 5.69 Å². The lowest BCUT2D eigenvalue weighted by Gasteiger charge is -2.43. The number of hydrogen-bond donors (Lipinski definition) is 1. The summed E-state index contributed by atoms with van der Waals surface area (Å²) in [5.74, 6) is 1.40. The summed E-state index contributed by atoms with van der Waals surface area (Å²) in [4.78, 5) is 13.8. The predicted octanol–water partition coefficient (Wildman–Crippen LogP) is 4.65. The lowest BCUT2D eigenvalue weighted by molar-refractivity contribution is 0.0193. The SMILES string of the molecule is Cc1cc(C(=O)c2cc(C#N)n3c2C2(CCNCC2)Oc2ccccc2-3)ccc1OC(C)C. The summed E-state index contributed by atoms with van der Waals surface area (Å²) in [6.07, 6.45) is 1.49. The first-order chi connectivity index (χ1) is 15.9. The molecule has 0 atom stereocenters. The van der Waals surface area contributed by atoms with Gasteiger partial charge in [0.05, 0.1) is 17.5 Å². The quantitative estimate of drug-likeness (QED) is 0.597. The van der Waals surface area contributed by atoms with E-state index >= 15 is 0 Å². The average Bonchev–Trinajstić information content (AvgIpc) is 3.21. The zero-order valence-corrected chi connectivity index (χ0v) is 19.1. The number of fused-ring (bicyclic) bond motifs is 4. The van der Waals surface area contributed by atoms with Gasteiger partial charge < -0.3 is 14.8 Å². The van der Waals surface area contributed by atoms with E-state index in [9.17, 15) is 10.1 Å². The van der Waals surface area contributed by atoms with Gasteiger partial charge in [0.2, 0.25) is 0 Å². The molecule has 33 heavy (non-hydrogen) atoms. The van der Waals surface area contributed by atoms with Gasteiger partial charge in [-0.3, -0.25) is 9.36 Å². The van der Waals surface area contributed by atoms with Crippen LogP contribution in [-0.4, -0.2) is 29.5 Å². The van der Waals surface area contributed by atoms with Crippen molar-refractivity contribution < 1.29 is 14.3 Å². The topological polar surface area (TPSA) is 76.3 Å². The second-order valence-corrected chi connectivity index (χ2v) is 9.03. The van der Waals surface area contributed by atoms with Crippen LogP contribution in [0.5, 0.6) is 11.5 Å². The van der Waals surface area contributed by atoms with Gasteiger partial charge in [-0.1, -0.05) is 12.1 Å². The molecule has 1 saturated heterocycles. The van der Waals surface area contributed by atoms with E-state index in [1.165, 1.54) is 0 Å². The Labute approximate surface area is 193 Å². The molecule has 3 aromatic rings. The van der Waals surface area contributed by atoms with E-state index < -0.39 is 5.60 Å². The van der Waals surface area contributed by atoms with Gasteiger partial charge >= 0.3 is 0 Å². The standard InChI is InChI=1S/C27H27N3O3/c1-17(2)32-23-9-8-19(14-18(23)3)25(31)21-15-20(16-28)30-22-6-4-5-7-24(22)33-27(26(21)30)10-12-29-13-11-27/h4-9,14-15,17,29H,10-13H2,1-3H3. The molecule has 0 bridgehead atoms. The molecule has 0 saturated carbocycles. The molecule has 0 amide bonds. The van der Waals surface area contributed by atoms with Crippen molar-refractivity contribution in [3.63, 3.8) is 0 Å². The number of benzene rings is 2. The third-order valence-electron chi connectivity index (χ3n) is 6.41. The normalized spacial score (nSPS) is 16.0. The molecule has 3 heterocycles. The van der Waals surface area contributed by atoms with Crippen LogP contribution in [0.2, 0.25) is 0 Å². The number of aromatic nitrogens is 1. The van der Waals surface area contributed by atoms with Crippen molar-refractivity contribution in [1.29, 1.82) is 5.26 Å². The summed E-state index contributed by atoms with van der Waals surface area (Å²) in [5.41, 5.74) is 3.37. The van der Waals surface area contributed by atoms with E-state index in [4.69, 9.17) is 9.47 Å². The first-order valence-electron chi connectivity index (χ1n) is 11.4. The van der Waals surface area contributed by atoms with Crippen LogP contribution in [0.15, 0.2) is 48.5 Å². The van der Waals surface area contributed by atoms with Gasteiger partial charge in [-0.15, -0.1) is 0 Å². The van der Waals surface area contributed by atoms with Crippen molar-refractivity contribution in [2.24, 2.45) is 0 Å². The first kappa shape index (κ1) is 21.3. The van der Waals surface area contributed by atoms with Gasteiger partial charge in [0.25, 0.3) is 0 Å². The van der Waals surface area contributed by atoms with Gasteiger partial charge in [0.15, 0.2) is 11.4 Å². The van der Waals surface area contributed by atoms with Crippen LogP contribution < -0.4 is 14.8 Å². The number of ketones is 1. The largest absolute Gasteiger partial charge is 0.491 e. The summed E-state index contributed by atoms with van der Waals surface area (Å²) in [6.45, 7) is 7.46. The molecule has 1 fully saturated rings. The molecule has 0 radical (unpaired) electrons. The van der Waals surface area contributed by atoms with Crippen LogP contribution in [0.4, 0.5) is 0 Å². The summed E-state index contributed by atoms with van der Waals surface area (Å²) < 4.78 is 14.4. The maximum atomic E-state index is 13.8. The monoisotopic (exact) mass is 441 g/mol. The van der Waals surface area contributed by atoms with Gasteiger partial charge in [0, 0.05) is 24.0 Å². The maximum absolute atomic E-state index is 13.8. The number of piperidine rings is 1. The van der Waals surface area contributed by atoms with E-state index in [0.29, 0.717) is 16.8 Å². The van der Waals surface area contributed by atoms with Gasteiger partial charge in [-0.2, -0.15) is 5.26 Å². The van der Waals surface area contributed by atoms with Crippen LogP contribution in [0.3, 0.4) is 0 Å². The Balaban J connectivity index is 1.68. The van der Waals surface area contributed by atoms with Crippen LogP contribution >= 0.6 is 0 Å². The average molecular weight is 442 g/mol. The summed E-state index contributed by atoms with van der Waals surface area (Å²) >= 11 is 0. The van der Waals surface area contributed by atoms with Crippen molar-refractivity contribution in [3.05, 3.63) is 76.6 Å². The molecule has 1 aromatic heterocycles. The van der Waals surface area contributed by atoms with E-state index in [1.54, 1.807) is 12.1 Å². The highest BCUT2D eigenvalue weighted by Crippen LogP contribution is 2.47. The Hall–Kier alpha value is -3.56. The van der Waals surface area contributed by atoms with E-state index in [-0.39, 0.29) is 11.9 Å². The number of nitrogens with zero attached hydrogens (tertiary/aromatic N) is 2. The second kappa shape index (κ2) is 8.09. The highest BCUT2D eigenvalue weighted by molar-refractivity contribution is 6.10. The van der Waals surface area contributed by atoms with Crippen molar-refractivity contribution in [1.82, 2.24) is 9.88 Å². The fourth-order valence-electron chi connectivity index (χ4n) is 4.95. The Kier molecular flexibility index (Phi) is 5.22. The fourth-order valence-corrected chi connectivity index (χ4v) is 4.95. The zero-order valence-electron chi connectivity index (χ0n) is 19.1. The number of ether oxygens (including phenoxy) is 2. The number of aryl methyl sites for hydroxylation is 1. The summed E-state index contributed by atoms with van der Waals surface area (Å²) in [6, 6.07) is 17.3. The predicted molar refractivity (Wildman–Crippen MR) is 125 cm³/mol. The number of rotatable bonds is 4. The third kappa shape index (κ3) is 3.49. The lowest BCUT2D eigenvalue weighted by Crippen LogP contribution is -2.47. The molecule has 6 heteroatoms. The zero-order chi connectivity index (χ0) is 23.2. The highest BCUT2D eigenvalue weighted by Gasteiger charge is 2.46. The van der Waals surface area contributed by atoms with Crippen molar-refractivity contribution >= 4 is 5.78 Å². The molecule has 6 nitrogen and oxygen atoms in total. The molecule has 5 rings (SSSR count). The number of nitrogens with one attached hydrogen (secondary N) is 1. The highest BCUT2D eigenvalue weighted by atomic mass is 16.5. The van der Waals surface area contributed by atoms with E-state index in [0.717, 1.165) is 54.4 Å². The van der Waals surface area contributed by atoms with Gasteiger partial charge in [0.1, 0.15) is 23.3 Å². The molecule has 168 valence electrons. The molecular formula is C27H27N3O3. The van der Waals surface area contributed by atoms with Crippen LogP contribution in [0.1, 0.15) is 59.6 Å². The molecule has 2 aliphatic heterocycles. The molecule has 2 aliphatic rings. The lowest BCUT2D eigenvalue weighted by atomic mass is 9.83. The summed E-state index contributed by atoms with van der Waals surface area (Å²) in [5, 5.41) is 13.4. The molecule has 1 spiro atoms. The third-order valence-corrected chi connectivity index (χ3v) is 6.41. The van der Waals surface area contributed by atoms with E-state index in [1.807, 2.05) is 61.7 Å². The number of carbonyl (C=O) groups excluding carboxylic acids is 1. The Bertz CT molecular complexity index is 1280.